The van der Waals surface area contributed by atoms with Crippen LogP contribution >= 0.6 is 0 Å². The third-order valence-electron chi connectivity index (χ3n) is 2.84. The Morgan fingerprint density at radius 2 is 1.61 bits per heavy atom. The number of rotatable bonds is 5. The van der Waals surface area contributed by atoms with Crippen molar-refractivity contribution in [2.45, 2.75) is 12.8 Å². The fraction of sp³-hybridized carbons (Fsp3) is 0.267. The van der Waals surface area contributed by atoms with Crippen LogP contribution in [0.2, 0.25) is 0 Å². The first kappa shape index (κ1) is 12.7. The van der Waals surface area contributed by atoms with Crippen LogP contribution in [-0.4, -0.2) is 14.2 Å². The molecule has 0 aliphatic carbocycles. The smallest absolute Gasteiger partial charge is 0.244 e. The average molecular weight is 244 g/mol. The van der Waals surface area contributed by atoms with Crippen LogP contribution in [0.4, 0.5) is 0 Å². The monoisotopic (exact) mass is 244 g/mol. The maximum absolute atomic E-state index is 5.32. The second-order valence-corrected chi connectivity index (χ2v) is 4.04. The van der Waals surface area contributed by atoms with E-state index in [1.54, 1.807) is 14.2 Å². The predicted molar refractivity (Wildman–Crippen MR) is 68.9 cm³/mol. The van der Waals surface area contributed by atoms with Crippen molar-refractivity contribution in [3.8, 4) is 0 Å². The lowest BCUT2D eigenvalue weighted by atomic mass is 10.2. The van der Waals surface area contributed by atoms with Gasteiger partial charge in [-0.2, -0.15) is 4.57 Å². The van der Waals surface area contributed by atoms with E-state index in [4.69, 9.17) is 9.47 Å². The van der Waals surface area contributed by atoms with Crippen molar-refractivity contribution in [1.82, 2.24) is 0 Å². The fourth-order valence-corrected chi connectivity index (χ4v) is 1.97. The van der Waals surface area contributed by atoms with Crippen molar-refractivity contribution in [2.24, 2.45) is 0 Å². The van der Waals surface area contributed by atoms with Gasteiger partial charge in [-0.1, -0.05) is 30.3 Å². The zero-order valence-corrected chi connectivity index (χ0v) is 10.7. The van der Waals surface area contributed by atoms with Gasteiger partial charge >= 0.3 is 0 Å². The molecule has 2 rings (SSSR count). The van der Waals surface area contributed by atoms with Gasteiger partial charge in [-0.25, -0.2) is 0 Å². The Morgan fingerprint density at radius 3 is 2.28 bits per heavy atom. The number of benzene rings is 1. The summed E-state index contributed by atoms with van der Waals surface area (Å²) in [6.45, 7) is 0.806. The molecule has 0 N–H and O–H groups in total. The normalized spacial score (nSPS) is 10.8. The molecule has 0 aliphatic heterocycles. The van der Waals surface area contributed by atoms with Crippen molar-refractivity contribution in [2.75, 3.05) is 14.2 Å². The van der Waals surface area contributed by atoms with Gasteiger partial charge in [-0.3, -0.25) is 0 Å². The van der Waals surface area contributed by atoms with Crippen LogP contribution in [0.25, 0.3) is 0 Å². The maximum atomic E-state index is 5.32. The third kappa shape index (κ3) is 2.94. The molecule has 0 unspecified atom stereocenters. The maximum Gasteiger partial charge on any atom is 0.244 e. The molecule has 0 spiro atoms. The summed E-state index contributed by atoms with van der Waals surface area (Å²) in [6.07, 6.45) is 1.70. The van der Waals surface area contributed by atoms with Gasteiger partial charge < -0.3 is 9.47 Å². The van der Waals surface area contributed by atoms with Gasteiger partial charge in [0.05, 0.1) is 0 Å². The molecule has 0 bridgehead atoms. The quantitative estimate of drug-likeness (QED) is 0.595. The van der Waals surface area contributed by atoms with Crippen LogP contribution in [0.3, 0.4) is 0 Å². The second-order valence-electron chi connectivity index (χ2n) is 4.04. The molecule has 0 fully saturated rings. The highest BCUT2D eigenvalue weighted by Crippen LogP contribution is 2.13. The van der Waals surface area contributed by atoms with Crippen LogP contribution in [-0.2, 0) is 16.0 Å². The topological polar surface area (TPSA) is 22.3 Å². The third-order valence-corrected chi connectivity index (χ3v) is 2.84. The highest BCUT2D eigenvalue weighted by Gasteiger charge is 2.20. The second kappa shape index (κ2) is 6.28. The number of nitrogens with zero attached hydrogens (tertiary/aromatic N) is 1. The van der Waals surface area contributed by atoms with E-state index in [2.05, 4.69) is 16.7 Å². The first-order valence-corrected chi connectivity index (χ1v) is 5.93. The first-order valence-electron chi connectivity index (χ1n) is 5.93. The fourth-order valence-electron chi connectivity index (χ4n) is 1.97. The van der Waals surface area contributed by atoms with Gasteiger partial charge in [0, 0.05) is 31.9 Å². The Hall–Kier alpha value is -1.71. The molecule has 0 saturated heterocycles. The molecule has 1 aromatic heterocycles. The molecule has 18 heavy (non-hydrogen) atoms. The summed E-state index contributed by atoms with van der Waals surface area (Å²) < 4.78 is 12.8. The van der Waals surface area contributed by atoms with Crippen LogP contribution in [0.15, 0.2) is 54.7 Å². The molecular weight excluding hydrogens is 226 g/mol. The number of pyridine rings is 1. The number of hydrogen-bond donors (Lipinski definition) is 0. The number of aromatic nitrogens is 1. The zero-order valence-electron chi connectivity index (χ0n) is 10.7. The summed E-state index contributed by atoms with van der Waals surface area (Å²) in [7, 11) is 3.29. The van der Waals surface area contributed by atoms with E-state index in [0.29, 0.717) is 0 Å². The summed E-state index contributed by atoms with van der Waals surface area (Å²) in [5, 5.41) is 0. The molecule has 0 amide bonds. The molecule has 1 heterocycles. The van der Waals surface area contributed by atoms with Gasteiger partial charge in [0.1, 0.15) is 0 Å². The molecule has 3 nitrogen and oxygen atoms in total. The minimum absolute atomic E-state index is 0.338. The van der Waals surface area contributed by atoms with Gasteiger partial charge in [0.25, 0.3) is 0 Å². The van der Waals surface area contributed by atoms with E-state index in [0.717, 1.165) is 12.2 Å². The van der Waals surface area contributed by atoms with E-state index in [1.165, 1.54) is 5.56 Å². The molecule has 0 atom stereocenters. The number of hydrogen-bond acceptors (Lipinski definition) is 2. The number of ether oxygens (including phenoxy) is 2. The van der Waals surface area contributed by atoms with Crippen LogP contribution in [0.1, 0.15) is 17.5 Å². The molecule has 0 saturated carbocycles. The van der Waals surface area contributed by atoms with E-state index < -0.39 is 0 Å². The van der Waals surface area contributed by atoms with Crippen LogP contribution in [0, 0.1) is 0 Å². The Labute approximate surface area is 108 Å². The van der Waals surface area contributed by atoms with Gasteiger partial charge in [0.15, 0.2) is 12.7 Å². The molecule has 2 aromatic rings. The van der Waals surface area contributed by atoms with Crippen LogP contribution in [0.5, 0.6) is 0 Å². The van der Waals surface area contributed by atoms with Crippen molar-refractivity contribution in [1.29, 1.82) is 0 Å². The number of methoxy groups -OCH3 is 2. The van der Waals surface area contributed by atoms with Crippen molar-refractivity contribution in [3.63, 3.8) is 0 Å². The van der Waals surface area contributed by atoms with Gasteiger partial charge in [0.2, 0.25) is 12.0 Å². The molecule has 1 aromatic carbocycles. The molecule has 0 aliphatic rings. The summed E-state index contributed by atoms with van der Waals surface area (Å²) in [4.78, 5) is 0. The minimum Gasteiger partial charge on any atom is -0.347 e. The average Bonchev–Trinajstić information content (AvgIpc) is 2.43. The van der Waals surface area contributed by atoms with Gasteiger partial charge in [-0.05, 0) is 6.07 Å². The summed E-state index contributed by atoms with van der Waals surface area (Å²) in [6, 6.07) is 16.3. The van der Waals surface area contributed by atoms with Crippen LogP contribution < -0.4 is 4.57 Å². The molecule has 0 radical (unpaired) electrons. The Balaban J connectivity index is 2.28. The van der Waals surface area contributed by atoms with Crippen molar-refractivity contribution >= 4 is 0 Å². The summed E-state index contributed by atoms with van der Waals surface area (Å²) in [5.74, 6) is 0. The Bertz CT molecular complexity index is 481. The van der Waals surface area contributed by atoms with E-state index in [1.807, 2.05) is 42.6 Å². The summed E-state index contributed by atoms with van der Waals surface area (Å²) in [5.41, 5.74) is 2.26. The lowest BCUT2D eigenvalue weighted by Crippen LogP contribution is -2.40. The summed E-state index contributed by atoms with van der Waals surface area (Å²) >= 11 is 0. The lowest BCUT2D eigenvalue weighted by molar-refractivity contribution is -0.702. The zero-order chi connectivity index (χ0) is 12.8. The highest BCUT2D eigenvalue weighted by molar-refractivity contribution is 5.13. The molecule has 3 heteroatoms. The highest BCUT2D eigenvalue weighted by atomic mass is 16.7. The van der Waals surface area contributed by atoms with E-state index >= 15 is 0 Å². The molecular formula is C15H18NO2+. The minimum atomic E-state index is -0.338. The first-order chi connectivity index (χ1) is 8.85. The van der Waals surface area contributed by atoms with E-state index in [9.17, 15) is 0 Å². The lowest BCUT2D eigenvalue weighted by Gasteiger charge is -2.12. The van der Waals surface area contributed by atoms with E-state index in [-0.39, 0.29) is 6.29 Å². The SMILES string of the molecule is COC(OC)c1cccc[n+]1Cc1ccccc1. The van der Waals surface area contributed by atoms with Crippen molar-refractivity contribution in [3.05, 3.63) is 66.0 Å². The van der Waals surface area contributed by atoms with Crippen molar-refractivity contribution < 1.29 is 14.0 Å². The van der Waals surface area contributed by atoms with Gasteiger partial charge in [-0.15, -0.1) is 0 Å². The Morgan fingerprint density at radius 1 is 0.944 bits per heavy atom. The predicted octanol–water partition coefficient (Wildman–Crippen LogP) is 2.31. The Kier molecular flexibility index (Phi) is 4.45. The standard InChI is InChI=1S/C15H18NO2/c1-17-15(18-2)14-10-6-7-11-16(14)12-13-8-4-3-5-9-13/h3-11,15H,12H2,1-2H3/q+1. The molecule has 94 valence electrons. The largest absolute Gasteiger partial charge is 0.347 e.